The first-order valence-corrected chi connectivity index (χ1v) is 13.4. The summed E-state index contributed by atoms with van der Waals surface area (Å²) >= 11 is 0. The largest absolute Gasteiger partial charge is 0.444 e. The molecule has 0 radical (unpaired) electrons. The van der Waals surface area contributed by atoms with Crippen molar-refractivity contribution in [3.63, 3.8) is 0 Å². The Morgan fingerprint density at radius 3 is 1.88 bits per heavy atom. The molecule has 2 unspecified atom stereocenters. The molecule has 0 spiro atoms. The number of nitrogens with zero attached hydrogens (tertiary/aromatic N) is 1. The highest BCUT2D eigenvalue weighted by Crippen LogP contribution is 2.38. The van der Waals surface area contributed by atoms with E-state index in [0.717, 1.165) is 0 Å². The fourth-order valence-electron chi connectivity index (χ4n) is 4.47. The molecule has 0 aromatic heterocycles. The lowest BCUT2D eigenvalue weighted by Gasteiger charge is -2.48. The van der Waals surface area contributed by atoms with Gasteiger partial charge in [0.2, 0.25) is 0 Å². The van der Waals surface area contributed by atoms with Gasteiger partial charge in [-0.05, 0) is 42.6 Å². The number of likely N-dealkylation sites (tertiary alicyclic amines) is 1. The second-order valence-electron chi connectivity index (χ2n) is 10.7. The van der Waals surface area contributed by atoms with E-state index in [1.54, 1.807) is 4.90 Å². The molecule has 5 nitrogen and oxygen atoms in total. The zero-order chi connectivity index (χ0) is 23.6. The Kier molecular flexibility index (Phi) is 7.17. The molecule has 2 aromatic rings. The van der Waals surface area contributed by atoms with Crippen LogP contribution in [0.15, 0.2) is 60.7 Å². The van der Waals surface area contributed by atoms with Crippen molar-refractivity contribution >= 4 is 24.8 Å². The van der Waals surface area contributed by atoms with Gasteiger partial charge in [0.25, 0.3) is 8.32 Å². The number of nitrogens with two attached hydrogens (primary N) is 1. The molecule has 2 aromatic carbocycles. The number of piperidine rings is 1. The van der Waals surface area contributed by atoms with E-state index in [9.17, 15) is 4.79 Å². The van der Waals surface area contributed by atoms with Crippen molar-refractivity contribution in [2.75, 3.05) is 13.1 Å². The minimum atomic E-state index is -2.75. The second kappa shape index (κ2) is 9.38. The van der Waals surface area contributed by atoms with E-state index in [1.165, 1.54) is 10.4 Å². The number of carbonyl (C=O) groups is 1. The van der Waals surface area contributed by atoms with Gasteiger partial charge in [-0.15, -0.1) is 0 Å². The Labute approximate surface area is 194 Å². The van der Waals surface area contributed by atoms with Gasteiger partial charge in [-0.1, -0.05) is 81.4 Å². The highest BCUT2D eigenvalue weighted by atomic mass is 28.4. The minimum Gasteiger partial charge on any atom is -0.444 e. The van der Waals surface area contributed by atoms with E-state index in [0.29, 0.717) is 19.5 Å². The Morgan fingerprint density at radius 2 is 1.44 bits per heavy atom. The molecule has 0 aliphatic carbocycles. The fraction of sp³-hybridized carbons (Fsp3) is 0.500. The lowest BCUT2D eigenvalue weighted by molar-refractivity contribution is 0.00254. The van der Waals surface area contributed by atoms with Crippen LogP contribution in [0, 0.1) is 0 Å². The van der Waals surface area contributed by atoms with Gasteiger partial charge in [-0.2, -0.15) is 0 Å². The molecule has 6 heteroatoms. The van der Waals surface area contributed by atoms with Crippen LogP contribution in [0.3, 0.4) is 0 Å². The highest BCUT2D eigenvalue weighted by Gasteiger charge is 2.52. The summed E-state index contributed by atoms with van der Waals surface area (Å²) < 4.78 is 12.8. The third kappa shape index (κ3) is 5.25. The monoisotopic (exact) mass is 454 g/mol. The summed E-state index contributed by atoms with van der Waals surface area (Å²) in [5, 5.41) is 2.27. The molecule has 1 saturated heterocycles. The van der Waals surface area contributed by atoms with Gasteiger partial charge in [-0.25, -0.2) is 4.79 Å². The van der Waals surface area contributed by atoms with Crippen LogP contribution in [0.1, 0.15) is 48.0 Å². The van der Waals surface area contributed by atoms with Crippen LogP contribution in [-0.4, -0.2) is 50.1 Å². The third-order valence-corrected chi connectivity index (χ3v) is 11.1. The molecule has 1 fully saturated rings. The molecule has 0 saturated carbocycles. The van der Waals surface area contributed by atoms with Crippen LogP contribution in [0.25, 0.3) is 0 Å². The summed E-state index contributed by atoms with van der Waals surface area (Å²) in [7, 11) is -2.75. The zero-order valence-electron chi connectivity index (χ0n) is 20.3. The topological polar surface area (TPSA) is 64.8 Å². The van der Waals surface area contributed by atoms with Crippen molar-refractivity contribution in [2.24, 2.45) is 5.73 Å². The number of carbonyl (C=O) groups excluding carboxylic acids is 1. The van der Waals surface area contributed by atoms with Crippen LogP contribution < -0.4 is 16.1 Å². The van der Waals surface area contributed by atoms with Crippen molar-refractivity contribution in [1.82, 2.24) is 4.90 Å². The van der Waals surface area contributed by atoms with E-state index >= 15 is 0 Å². The van der Waals surface area contributed by atoms with E-state index in [1.807, 2.05) is 32.9 Å². The number of amides is 1. The van der Waals surface area contributed by atoms with Crippen molar-refractivity contribution in [3.05, 3.63) is 60.7 Å². The average molecular weight is 455 g/mol. The Balaban J connectivity index is 2.02. The van der Waals surface area contributed by atoms with Crippen LogP contribution in [0.4, 0.5) is 4.79 Å². The molecule has 174 valence electrons. The summed E-state index contributed by atoms with van der Waals surface area (Å²) in [5.74, 6) is 0. The van der Waals surface area contributed by atoms with Crippen LogP contribution in [0.5, 0.6) is 0 Å². The SMILES string of the molecule is CC(C)(C)OC(=O)N1CCC(N)C(O[Si](c2ccccc2)(c2ccccc2)C(C)(C)C)C1. The molecule has 1 heterocycles. The zero-order valence-corrected chi connectivity index (χ0v) is 21.3. The number of hydrogen-bond donors (Lipinski definition) is 1. The number of rotatable bonds is 4. The van der Waals surface area contributed by atoms with Crippen LogP contribution in [0.2, 0.25) is 5.04 Å². The highest BCUT2D eigenvalue weighted by molar-refractivity contribution is 6.99. The van der Waals surface area contributed by atoms with Gasteiger partial charge in [0.05, 0.1) is 12.6 Å². The Bertz CT molecular complexity index is 851. The van der Waals surface area contributed by atoms with Gasteiger partial charge in [0.15, 0.2) is 0 Å². The number of ether oxygens (including phenoxy) is 1. The Hall–Kier alpha value is -2.15. The molecule has 2 atom stereocenters. The molecular formula is C26H38N2O3Si. The lowest BCUT2D eigenvalue weighted by Crippen LogP contribution is -2.70. The lowest BCUT2D eigenvalue weighted by atomic mass is 10.0. The van der Waals surface area contributed by atoms with Crippen LogP contribution in [-0.2, 0) is 9.16 Å². The first-order chi connectivity index (χ1) is 14.9. The maximum absolute atomic E-state index is 12.8. The summed E-state index contributed by atoms with van der Waals surface area (Å²) in [5.41, 5.74) is 6.06. The Morgan fingerprint density at radius 1 is 0.938 bits per heavy atom. The molecule has 1 amide bonds. The summed E-state index contributed by atoms with van der Waals surface area (Å²) in [4.78, 5) is 14.5. The summed E-state index contributed by atoms with van der Waals surface area (Å²) in [6, 6.07) is 20.9. The molecular weight excluding hydrogens is 416 g/mol. The standard InChI is InChI=1S/C26H38N2O3Si/c1-25(2,3)30-24(29)28-18-17-22(27)23(19-28)31-32(26(4,5)6,20-13-9-7-10-14-20)21-15-11-8-12-16-21/h7-16,22-23H,17-19,27H2,1-6H3. The normalized spacial score (nSPS) is 20.2. The quantitative estimate of drug-likeness (QED) is 0.712. The van der Waals surface area contributed by atoms with E-state index < -0.39 is 13.9 Å². The fourth-order valence-corrected chi connectivity index (χ4v) is 9.19. The van der Waals surface area contributed by atoms with Crippen molar-refractivity contribution in [1.29, 1.82) is 0 Å². The van der Waals surface area contributed by atoms with Gasteiger partial charge in [0.1, 0.15) is 5.60 Å². The van der Waals surface area contributed by atoms with Crippen molar-refractivity contribution in [2.45, 2.75) is 70.7 Å². The summed E-state index contributed by atoms with van der Waals surface area (Å²) in [6.45, 7) is 13.4. The maximum Gasteiger partial charge on any atom is 0.410 e. The maximum atomic E-state index is 12.8. The molecule has 2 N–H and O–H groups in total. The smallest absolute Gasteiger partial charge is 0.410 e. The van der Waals surface area contributed by atoms with Gasteiger partial charge in [0, 0.05) is 12.6 Å². The van der Waals surface area contributed by atoms with E-state index in [4.69, 9.17) is 14.9 Å². The first-order valence-electron chi connectivity index (χ1n) is 11.5. The third-order valence-electron chi connectivity index (χ3n) is 6.01. The molecule has 32 heavy (non-hydrogen) atoms. The second-order valence-corrected chi connectivity index (χ2v) is 15.0. The summed E-state index contributed by atoms with van der Waals surface area (Å²) in [6.07, 6.45) is 0.102. The molecule has 3 rings (SSSR count). The van der Waals surface area contributed by atoms with Gasteiger partial charge in [-0.3, -0.25) is 0 Å². The average Bonchev–Trinajstić information content (AvgIpc) is 2.72. The molecule has 1 aliphatic rings. The van der Waals surface area contributed by atoms with Crippen molar-refractivity contribution < 1.29 is 14.0 Å². The van der Waals surface area contributed by atoms with E-state index in [2.05, 4.69) is 69.3 Å². The van der Waals surface area contributed by atoms with Crippen LogP contribution >= 0.6 is 0 Å². The van der Waals surface area contributed by atoms with Crippen molar-refractivity contribution in [3.8, 4) is 0 Å². The number of benzene rings is 2. The molecule has 1 aliphatic heterocycles. The predicted octanol–water partition coefficient (Wildman–Crippen LogP) is 3.90. The predicted molar refractivity (Wildman–Crippen MR) is 133 cm³/mol. The van der Waals surface area contributed by atoms with Gasteiger partial charge >= 0.3 is 6.09 Å². The van der Waals surface area contributed by atoms with E-state index in [-0.39, 0.29) is 23.3 Å². The number of hydrogen-bond acceptors (Lipinski definition) is 4. The first kappa shape index (κ1) is 24.5. The molecule has 0 bridgehead atoms. The minimum absolute atomic E-state index is 0.143. The van der Waals surface area contributed by atoms with Gasteiger partial charge < -0.3 is 19.8 Å².